The smallest absolute Gasteiger partial charge is 0.332 e. The Morgan fingerprint density at radius 3 is 2.10 bits per heavy atom. The molecule has 24 nitrogen and oxygen atoms in total. The predicted octanol–water partition coefficient (Wildman–Crippen LogP) is 5.24. The van der Waals surface area contributed by atoms with E-state index in [9.17, 15) is 32.9 Å². The SMILES string of the molecule is CCOC(=O)CN(CC(=O)OCC)S(=O)(=O)c1ccc2sc(-n3cc(C#N)c(N=Nc4c(NCCCOC)nc(Nc5c(C)cc(C)cc5C)nc4NCCCOC(=O)COCC(=O)O)n3)nc2c1. The maximum Gasteiger partial charge on any atom is 0.332 e. The van der Waals surface area contributed by atoms with Gasteiger partial charge in [0.1, 0.15) is 37.9 Å². The molecule has 0 bridgehead atoms. The van der Waals surface area contributed by atoms with Crippen LogP contribution in [0.1, 0.15) is 48.9 Å². The zero-order valence-electron chi connectivity index (χ0n) is 38.7. The number of sulfonamides is 1. The number of ether oxygens (including phenoxy) is 5. The molecule has 0 unspecified atom stereocenters. The minimum atomic E-state index is -4.44. The second-order valence-electron chi connectivity index (χ2n) is 14.8. The Balaban J connectivity index is 1.48. The van der Waals surface area contributed by atoms with Crippen LogP contribution >= 0.6 is 11.3 Å². The minimum Gasteiger partial charge on any atom is -0.480 e. The first-order valence-electron chi connectivity index (χ1n) is 21.4. The third kappa shape index (κ3) is 14.9. The van der Waals surface area contributed by atoms with Crippen molar-refractivity contribution in [3.63, 3.8) is 0 Å². The quantitative estimate of drug-likeness (QED) is 0.0226. The van der Waals surface area contributed by atoms with E-state index < -0.39 is 60.2 Å². The summed E-state index contributed by atoms with van der Waals surface area (Å²) in [6, 6.07) is 10.2. The van der Waals surface area contributed by atoms with Crippen LogP contribution in [0.2, 0.25) is 0 Å². The second-order valence-corrected chi connectivity index (χ2v) is 17.7. The number of hydrogen-bond donors (Lipinski definition) is 4. The summed E-state index contributed by atoms with van der Waals surface area (Å²) in [6.45, 7) is 7.47. The zero-order valence-corrected chi connectivity index (χ0v) is 40.4. The molecule has 0 aliphatic rings. The van der Waals surface area contributed by atoms with Gasteiger partial charge in [-0.15, -0.1) is 15.3 Å². The molecule has 26 heteroatoms. The van der Waals surface area contributed by atoms with Crippen molar-refractivity contribution in [1.82, 2.24) is 29.0 Å². The molecule has 69 heavy (non-hydrogen) atoms. The highest BCUT2D eigenvalue weighted by Crippen LogP contribution is 2.36. The molecule has 0 aliphatic heterocycles. The first-order valence-corrected chi connectivity index (χ1v) is 23.6. The highest BCUT2D eigenvalue weighted by atomic mass is 32.2. The van der Waals surface area contributed by atoms with Crippen molar-refractivity contribution in [3.8, 4) is 11.2 Å². The summed E-state index contributed by atoms with van der Waals surface area (Å²) in [4.78, 5) is 61.3. The Kier molecular flexibility index (Phi) is 19.3. The Labute approximate surface area is 401 Å². The number of aromatic nitrogens is 5. The number of anilines is 4. The Hall–Kier alpha value is -7.18. The lowest BCUT2D eigenvalue weighted by Crippen LogP contribution is -2.40. The van der Waals surface area contributed by atoms with E-state index >= 15 is 0 Å². The van der Waals surface area contributed by atoms with Crippen LogP contribution in [0.5, 0.6) is 0 Å². The van der Waals surface area contributed by atoms with Gasteiger partial charge in [-0.05, 0) is 76.8 Å². The number of hydrogen-bond acceptors (Lipinski definition) is 22. The summed E-state index contributed by atoms with van der Waals surface area (Å²) in [5.74, 6) is -3.08. The Morgan fingerprint density at radius 2 is 1.51 bits per heavy atom. The van der Waals surface area contributed by atoms with Gasteiger partial charge in [-0.1, -0.05) is 29.0 Å². The highest BCUT2D eigenvalue weighted by Gasteiger charge is 2.30. The van der Waals surface area contributed by atoms with E-state index in [1.165, 1.54) is 29.1 Å². The van der Waals surface area contributed by atoms with Gasteiger partial charge in [-0.2, -0.15) is 19.5 Å². The number of rotatable bonds is 27. The number of carbonyl (C=O) groups is 4. The van der Waals surface area contributed by atoms with Gasteiger partial charge in [0.15, 0.2) is 17.3 Å². The fourth-order valence-corrected chi connectivity index (χ4v) is 8.66. The maximum absolute atomic E-state index is 13.8. The molecule has 0 saturated carbocycles. The molecule has 0 aliphatic carbocycles. The number of aliphatic carboxylic acids is 1. The lowest BCUT2D eigenvalue weighted by molar-refractivity contribution is -0.153. The standard InChI is InChI=1S/C43H52N12O12S2/c1-7-65-34(58)22-54(23-35(59)66-8-2)69(61,62)30-11-12-32-31(19-30)47-43(68-32)55-21-29(20-44)39(53-55)52-51-38-40(45-13-9-15-63-6)49-42(48-37-27(4)17-26(3)18-28(37)5)50-41(38)46-14-10-16-67-36(60)25-64-24-33(56)57/h11-12,17-19,21H,7-10,13-16,22-25H2,1-6H3,(H,56,57)(H3,45,46,48,49,50). The van der Waals surface area contributed by atoms with Crippen LogP contribution in [0, 0.1) is 32.1 Å². The number of nitriles is 1. The molecular weight excluding hydrogens is 941 g/mol. The van der Waals surface area contributed by atoms with E-state index in [-0.39, 0.29) is 76.6 Å². The number of nitrogens with zero attached hydrogens (tertiary/aromatic N) is 9. The van der Waals surface area contributed by atoms with Crippen molar-refractivity contribution in [2.24, 2.45) is 10.2 Å². The van der Waals surface area contributed by atoms with Crippen LogP contribution in [0.15, 0.2) is 51.7 Å². The molecule has 4 N–H and O–H groups in total. The number of azo groups is 1. The fraction of sp³-hybridized carbons (Fsp3) is 0.419. The van der Waals surface area contributed by atoms with Crippen molar-refractivity contribution in [2.75, 3.05) is 88.9 Å². The van der Waals surface area contributed by atoms with Crippen molar-refractivity contribution >= 4 is 90.2 Å². The van der Waals surface area contributed by atoms with Gasteiger partial charge in [0, 0.05) is 32.5 Å². The summed E-state index contributed by atoms with van der Waals surface area (Å²) in [5, 5.41) is 42.4. The predicted molar refractivity (Wildman–Crippen MR) is 251 cm³/mol. The summed E-state index contributed by atoms with van der Waals surface area (Å²) in [5.41, 5.74) is 4.18. The summed E-state index contributed by atoms with van der Waals surface area (Å²) >= 11 is 1.13. The lowest BCUT2D eigenvalue weighted by atomic mass is 10.1. The third-order valence-electron chi connectivity index (χ3n) is 9.40. The number of carboxylic acid groups (broad SMARTS) is 1. The van der Waals surface area contributed by atoms with Crippen molar-refractivity contribution < 1.29 is 56.4 Å². The van der Waals surface area contributed by atoms with Crippen LogP contribution in [0.25, 0.3) is 15.3 Å². The van der Waals surface area contributed by atoms with Crippen molar-refractivity contribution in [1.29, 1.82) is 5.26 Å². The molecule has 368 valence electrons. The highest BCUT2D eigenvalue weighted by molar-refractivity contribution is 7.89. The summed E-state index contributed by atoms with van der Waals surface area (Å²) < 4.78 is 55.2. The number of nitrogens with one attached hydrogen (secondary N) is 3. The van der Waals surface area contributed by atoms with Crippen LogP contribution in [-0.2, 0) is 52.9 Å². The number of benzene rings is 2. The first kappa shape index (κ1) is 52.8. The molecule has 2 aromatic carbocycles. The summed E-state index contributed by atoms with van der Waals surface area (Å²) in [7, 11) is -2.86. The fourth-order valence-electron chi connectivity index (χ4n) is 6.44. The number of esters is 3. The normalized spacial score (nSPS) is 11.4. The number of carboxylic acids is 1. The van der Waals surface area contributed by atoms with Gasteiger partial charge in [-0.25, -0.2) is 27.7 Å². The topological polar surface area (TPSA) is 313 Å². The first-order chi connectivity index (χ1) is 33.1. The van der Waals surface area contributed by atoms with Gasteiger partial charge in [0.05, 0.1) is 41.1 Å². The van der Waals surface area contributed by atoms with Crippen molar-refractivity contribution in [3.05, 3.63) is 58.8 Å². The number of fused-ring (bicyclic) bond motifs is 1. The lowest BCUT2D eigenvalue weighted by Gasteiger charge is -2.20. The second kappa shape index (κ2) is 25.3. The van der Waals surface area contributed by atoms with Crippen molar-refractivity contribution in [2.45, 2.75) is 52.4 Å². The van der Waals surface area contributed by atoms with Gasteiger partial charge < -0.3 is 44.7 Å². The number of methoxy groups -OCH3 is 1. The number of carbonyl (C=O) groups excluding carboxylic acids is 3. The molecule has 0 radical (unpaired) electrons. The molecule has 0 fully saturated rings. The van der Waals surface area contributed by atoms with Crippen LogP contribution in [-0.4, -0.2) is 139 Å². The van der Waals surface area contributed by atoms with E-state index in [4.69, 9.17) is 38.8 Å². The molecule has 5 rings (SSSR count). The Bertz CT molecular complexity index is 2780. The minimum absolute atomic E-state index is 0.00307. The molecule has 0 atom stereocenters. The average Bonchev–Trinajstić information content (AvgIpc) is 3.92. The van der Waals surface area contributed by atoms with E-state index in [0.29, 0.717) is 35.0 Å². The van der Waals surface area contributed by atoms with E-state index in [1.807, 2.05) is 32.9 Å². The molecule has 0 amide bonds. The van der Waals surface area contributed by atoms with Crippen LogP contribution in [0.3, 0.4) is 0 Å². The third-order valence-corrected chi connectivity index (χ3v) is 12.2. The monoisotopic (exact) mass is 992 g/mol. The van der Waals surface area contributed by atoms with Gasteiger partial charge in [0.2, 0.25) is 26.9 Å². The van der Waals surface area contributed by atoms with Gasteiger partial charge in [0.25, 0.3) is 0 Å². The van der Waals surface area contributed by atoms with Crippen LogP contribution < -0.4 is 16.0 Å². The molecule has 0 spiro atoms. The molecule has 3 heterocycles. The number of thiazole rings is 1. The zero-order chi connectivity index (χ0) is 50.1. The van der Waals surface area contributed by atoms with E-state index in [2.05, 4.69) is 42.3 Å². The molecular formula is C43H52N12O12S2. The largest absolute Gasteiger partial charge is 0.480 e. The molecule has 0 saturated heterocycles. The summed E-state index contributed by atoms with van der Waals surface area (Å²) in [6.07, 6.45) is 2.27. The average molecular weight is 993 g/mol. The maximum atomic E-state index is 13.8. The number of aryl methyl sites for hydroxylation is 3. The molecule has 3 aromatic heterocycles. The Morgan fingerprint density at radius 1 is 0.870 bits per heavy atom. The van der Waals surface area contributed by atoms with Gasteiger partial charge in [-0.3, -0.25) is 9.59 Å². The van der Waals surface area contributed by atoms with E-state index in [1.54, 1.807) is 21.0 Å². The van der Waals surface area contributed by atoms with Gasteiger partial charge >= 0.3 is 23.9 Å². The molecule has 5 aromatic rings. The van der Waals surface area contributed by atoms with Crippen LogP contribution in [0.4, 0.5) is 34.8 Å². The van der Waals surface area contributed by atoms with E-state index in [0.717, 1.165) is 33.7 Å².